The van der Waals surface area contributed by atoms with Crippen LogP contribution in [0.2, 0.25) is 0 Å². The number of aliphatic hydroxyl groups is 1. The molecule has 1 aliphatic heterocycles. The first-order valence-corrected chi connectivity index (χ1v) is 10.8. The third-order valence-corrected chi connectivity index (χ3v) is 5.42. The Labute approximate surface area is 158 Å². The first-order chi connectivity index (χ1) is 11.9. The number of aliphatic hydroxyl groups excluding tert-OH is 1. The van der Waals surface area contributed by atoms with Gasteiger partial charge in [0, 0.05) is 11.8 Å². The average molecular weight is 390 g/mol. The highest BCUT2D eigenvalue weighted by molar-refractivity contribution is 7.90. The molecule has 0 saturated carbocycles. The molecule has 1 heterocycles. The zero-order valence-electron chi connectivity index (χ0n) is 17.3. The Morgan fingerprint density at radius 3 is 1.81 bits per heavy atom. The van der Waals surface area contributed by atoms with Crippen LogP contribution in [0.3, 0.4) is 0 Å². The van der Waals surface area contributed by atoms with Crippen molar-refractivity contribution in [1.29, 1.82) is 0 Å². The number of rotatable bonds is 3. The lowest BCUT2D eigenvalue weighted by Gasteiger charge is -2.32. The van der Waals surface area contributed by atoms with Crippen molar-refractivity contribution >= 4 is 22.4 Å². The standard InChI is InChI=1S/C14H20BFO5S.2C2H6/c1-13(2)14(3,4)21-15(20-13)9-6-11(16)10(8-17)12(7-9)22(5,18)19;2*1-2/h6-7,17H,8H2,1-5H3;2*1-2H3. The van der Waals surface area contributed by atoms with Crippen molar-refractivity contribution < 1.29 is 27.2 Å². The molecule has 0 aliphatic carbocycles. The van der Waals surface area contributed by atoms with E-state index in [0.717, 1.165) is 12.3 Å². The number of benzene rings is 1. The molecule has 1 saturated heterocycles. The lowest BCUT2D eigenvalue weighted by molar-refractivity contribution is 0.00578. The highest BCUT2D eigenvalue weighted by Crippen LogP contribution is 2.36. The number of hydrogen-bond donors (Lipinski definition) is 1. The summed E-state index contributed by atoms with van der Waals surface area (Å²) >= 11 is 0. The Bertz CT molecular complexity index is 686. The van der Waals surface area contributed by atoms with E-state index in [1.165, 1.54) is 6.07 Å². The molecule has 0 aromatic heterocycles. The van der Waals surface area contributed by atoms with Crippen molar-refractivity contribution in [2.45, 2.75) is 78.1 Å². The van der Waals surface area contributed by atoms with Gasteiger partial charge in [0.05, 0.1) is 22.7 Å². The summed E-state index contributed by atoms with van der Waals surface area (Å²) in [7, 11) is -4.56. The van der Waals surface area contributed by atoms with Crippen LogP contribution in [0.25, 0.3) is 0 Å². The van der Waals surface area contributed by atoms with E-state index in [4.69, 9.17) is 9.31 Å². The molecule has 5 nitrogen and oxygen atoms in total. The number of hydrogen-bond acceptors (Lipinski definition) is 5. The van der Waals surface area contributed by atoms with Gasteiger partial charge < -0.3 is 14.4 Å². The van der Waals surface area contributed by atoms with Gasteiger partial charge in [0.2, 0.25) is 0 Å². The zero-order chi connectivity index (χ0) is 20.9. The van der Waals surface area contributed by atoms with Crippen molar-refractivity contribution in [2.24, 2.45) is 0 Å². The number of halogens is 1. The molecule has 150 valence electrons. The molecule has 1 aromatic carbocycles. The first kappa shape index (κ1) is 25.0. The van der Waals surface area contributed by atoms with Crippen LogP contribution in [0.15, 0.2) is 17.0 Å². The predicted molar refractivity (Wildman–Crippen MR) is 104 cm³/mol. The first-order valence-electron chi connectivity index (χ1n) is 8.88. The minimum absolute atomic E-state index is 0.247. The third-order valence-electron chi connectivity index (χ3n) is 4.26. The van der Waals surface area contributed by atoms with Gasteiger partial charge in [0.1, 0.15) is 5.82 Å². The van der Waals surface area contributed by atoms with E-state index in [9.17, 15) is 17.9 Å². The molecular weight excluding hydrogens is 358 g/mol. The van der Waals surface area contributed by atoms with Gasteiger partial charge in [-0.3, -0.25) is 0 Å². The van der Waals surface area contributed by atoms with Crippen LogP contribution in [0.1, 0.15) is 61.0 Å². The molecule has 8 heteroatoms. The Morgan fingerprint density at radius 2 is 1.46 bits per heavy atom. The summed E-state index contributed by atoms with van der Waals surface area (Å²) in [6.45, 7) is 14.7. The molecule has 0 spiro atoms. The largest absolute Gasteiger partial charge is 0.494 e. The van der Waals surface area contributed by atoms with E-state index in [1.54, 1.807) is 0 Å². The molecule has 0 unspecified atom stereocenters. The molecule has 0 amide bonds. The second-order valence-corrected chi connectivity index (χ2v) is 8.48. The van der Waals surface area contributed by atoms with Gasteiger partial charge in [-0.25, -0.2) is 12.8 Å². The Kier molecular flexibility index (Phi) is 8.96. The highest BCUT2D eigenvalue weighted by Gasteiger charge is 2.52. The fraction of sp³-hybridized carbons (Fsp3) is 0.667. The fourth-order valence-corrected chi connectivity index (χ4v) is 3.19. The monoisotopic (exact) mass is 390 g/mol. The second-order valence-electron chi connectivity index (χ2n) is 6.50. The van der Waals surface area contributed by atoms with E-state index in [-0.39, 0.29) is 15.9 Å². The minimum atomic E-state index is -3.69. The van der Waals surface area contributed by atoms with Gasteiger partial charge in [-0.2, -0.15) is 0 Å². The van der Waals surface area contributed by atoms with Crippen LogP contribution in [0.5, 0.6) is 0 Å². The zero-order valence-corrected chi connectivity index (χ0v) is 18.1. The Hall–Kier alpha value is -0.955. The summed E-state index contributed by atoms with van der Waals surface area (Å²) in [4.78, 5) is -0.250. The topological polar surface area (TPSA) is 72.8 Å². The van der Waals surface area contributed by atoms with Crippen LogP contribution < -0.4 is 5.46 Å². The maximum atomic E-state index is 14.1. The van der Waals surface area contributed by atoms with Gasteiger partial charge in [0.15, 0.2) is 9.84 Å². The lowest BCUT2D eigenvalue weighted by atomic mass is 9.78. The summed E-state index contributed by atoms with van der Waals surface area (Å²) in [6.07, 6.45) is 0.967. The quantitative estimate of drug-likeness (QED) is 0.804. The van der Waals surface area contributed by atoms with E-state index < -0.39 is 40.6 Å². The predicted octanol–water partition coefficient (Wildman–Crippen LogP) is 3.07. The summed E-state index contributed by atoms with van der Waals surface area (Å²) in [5.74, 6) is -0.796. The van der Waals surface area contributed by atoms with Crippen LogP contribution in [-0.4, -0.2) is 38.1 Å². The van der Waals surface area contributed by atoms with E-state index in [1.807, 2.05) is 55.4 Å². The molecule has 0 atom stereocenters. The SMILES string of the molecule is CC.CC.CC1(C)OB(c2cc(F)c(CO)c(S(C)(=O)=O)c2)OC1(C)C. The summed E-state index contributed by atoms with van der Waals surface area (Å²) in [5, 5.41) is 9.22. The van der Waals surface area contributed by atoms with E-state index in [0.29, 0.717) is 0 Å². The van der Waals surface area contributed by atoms with Crippen LogP contribution >= 0.6 is 0 Å². The smallest absolute Gasteiger partial charge is 0.399 e. The maximum absolute atomic E-state index is 14.1. The molecule has 1 N–H and O–H groups in total. The van der Waals surface area contributed by atoms with Crippen molar-refractivity contribution in [3.8, 4) is 0 Å². The second kappa shape index (κ2) is 9.31. The van der Waals surface area contributed by atoms with Gasteiger partial charge in [-0.1, -0.05) is 27.7 Å². The van der Waals surface area contributed by atoms with Crippen molar-refractivity contribution in [3.63, 3.8) is 0 Å². The molecule has 26 heavy (non-hydrogen) atoms. The fourth-order valence-electron chi connectivity index (χ4n) is 2.23. The summed E-state index contributed by atoms with van der Waals surface area (Å²) in [6, 6.07) is 2.44. The molecular formula is C18H32BFO5S. The molecule has 0 radical (unpaired) electrons. The summed E-state index contributed by atoms with van der Waals surface area (Å²) in [5.41, 5.74) is -1.21. The van der Waals surface area contributed by atoms with Gasteiger partial charge in [0.25, 0.3) is 0 Å². The van der Waals surface area contributed by atoms with Gasteiger partial charge in [-0.15, -0.1) is 0 Å². The van der Waals surface area contributed by atoms with Gasteiger partial charge >= 0.3 is 7.12 Å². The van der Waals surface area contributed by atoms with Crippen molar-refractivity contribution in [1.82, 2.24) is 0 Å². The van der Waals surface area contributed by atoms with Crippen LogP contribution in [0.4, 0.5) is 4.39 Å². The minimum Gasteiger partial charge on any atom is -0.399 e. The van der Waals surface area contributed by atoms with Gasteiger partial charge in [-0.05, 0) is 45.3 Å². The Morgan fingerprint density at radius 1 is 1.04 bits per heavy atom. The maximum Gasteiger partial charge on any atom is 0.494 e. The average Bonchev–Trinajstić information content (AvgIpc) is 2.77. The van der Waals surface area contributed by atoms with Crippen molar-refractivity contribution in [3.05, 3.63) is 23.5 Å². The van der Waals surface area contributed by atoms with Crippen LogP contribution in [-0.2, 0) is 25.8 Å². The molecule has 1 aliphatic rings. The molecule has 1 fully saturated rings. The van der Waals surface area contributed by atoms with E-state index >= 15 is 0 Å². The molecule has 1 aromatic rings. The molecule has 2 rings (SSSR count). The van der Waals surface area contributed by atoms with Crippen molar-refractivity contribution in [2.75, 3.05) is 6.26 Å². The lowest BCUT2D eigenvalue weighted by Crippen LogP contribution is -2.41. The molecule has 0 bridgehead atoms. The highest BCUT2D eigenvalue weighted by atomic mass is 32.2. The summed E-state index contributed by atoms with van der Waals surface area (Å²) < 4.78 is 49.4. The Balaban J connectivity index is 0.00000146. The van der Waals surface area contributed by atoms with E-state index in [2.05, 4.69) is 0 Å². The number of sulfone groups is 1. The third kappa shape index (κ3) is 5.28. The normalized spacial score (nSPS) is 17.7. The van der Waals surface area contributed by atoms with Crippen LogP contribution in [0, 0.1) is 5.82 Å².